The highest BCUT2D eigenvalue weighted by Gasteiger charge is 2.18. The maximum Gasteiger partial charge on any atom is 0.126 e. The molecule has 1 atom stereocenters. The summed E-state index contributed by atoms with van der Waals surface area (Å²) in [6.07, 6.45) is 1.84. The zero-order valence-electron chi connectivity index (χ0n) is 9.07. The lowest BCUT2D eigenvalue weighted by Gasteiger charge is -2.21. The quantitative estimate of drug-likeness (QED) is 0.881. The fourth-order valence-electron chi connectivity index (χ4n) is 1.84. The van der Waals surface area contributed by atoms with Gasteiger partial charge in [0.1, 0.15) is 5.82 Å². The molecule has 90 valence electrons. The summed E-state index contributed by atoms with van der Waals surface area (Å²) in [5, 5.41) is 3.36. The summed E-state index contributed by atoms with van der Waals surface area (Å²) in [6, 6.07) is 4.05. The molecule has 4 nitrogen and oxygen atoms in total. The largest absolute Gasteiger partial charge is 0.378 e. The van der Waals surface area contributed by atoms with E-state index in [1.807, 2.05) is 18.3 Å². The molecule has 1 saturated heterocycles. The van der Waals surface area contributed by atoms with Crippen molar-refractivity contribution in [2.45, 2.75) is 6.04 Å². The maximum absolute atomic E-state index is 5.92. The first-order valence-electron chi connectivity index (χ1n) is 5.44. The number of rotatable bonds is 2. The molecule has 0 amide bonds. The molecule has 2 aromatic heterocycles. The van der Waals surface area contributed by atoms with Crippen LogP contribution in [-0.2, 0) is 4.74 Å². The maximum atomic E-state index is 5.92. The standard InChI is InChI=1S/C11H12ClN3OS/c12-10-2-1-9(17-10)7-5-14-11(15-7)8-6-16-4-3-13-8/h1-2,5,8,13H,3-4,6H2,(H,14,15). The van der Waals surface area contributed by atoms with Gasteiger partial charge in [-0.25, -0.2) is 4.98 Å². The molecule has 3 rings (SSSR count). The van der Waals surface area contributed by atoms with Gasteiger partial charge >= 0.3 is 0 Å². The van der Waals surface area contributed by atoms with Crippen LogP contribution in [0.3, 0.4) is 0 Å². The van der Waals surface area contributed by atoms with Crippen molar-refractivity contribution < 1.29 is 4.74 Å². The molecule has 0 bridgehead atoms. The van der Waals surface area contributed by atoms with E-state index in [-0.39, 0.29) is 6.04 Å². The number of nitrogens with zero attached hydrogens (tertiary/aromatic N) is 1. The average Bonchev–Trinajstić information content (AvgIpc) is 2.98. The molecule has 17 heavy (non-hydrogen) atoms. The van der Waals surface area contributed by atoms with Crippen molar-refractivity contribution in [2.24, 2.45) is 0 Å². The van der Waals surface area contributed by atoms with Crippen LogP contribution in [0.4, 0.5) is 0 Å². The highest BCUT2D eigenvalue weighted by atomic mass is 35.5. The lowest BCUT2D eigenvalue weighted by atomic mass is 10.2. The van der Waals surface area contributed by atoms with Gasteiger partial charge in [0.15, 0.2) is 0 Å². The number of morpholine rings is 1. The minimum atomic E-state index is 0.160. The molecule has 2 aromatic rings. The third kappa shape index (κ3) is 2.37. The van der Waals surface area contributed by atoms with Gasteiger partial charge in [0.2, 0.25) is 0 Å². The highest BCUT2D eigenvalue weighted by molar-refractivity contribution is 7.19. The first-order valence-corrected chi connectivity index (χ1v) is 6.64. The summed E-state index contributed by atoms with van der Waals surface area (Å²) in [6.45, 7) is 2.30. The van der Waals surface area contributed by atoms with Gasteiger partial charge in [-0.3, -0.25) is 0 Å². The van der Waals surface area contributed by atoms with Crippen LogP contribution in [0.5, 0.6) is 0 Å². The number of halogens is 1. The van der Waals surface area contributed by atoms with Crippen LogP contribution in [0.1, 0.15) is 11.9 Å². The molecule has 0 aliphatic carbocycles. The summed E-state index contributed by atoms with van der Waals surface area (Å²) >= 11 is 7.46. The minimum absolute atomic E-state index is 0.160. The van der Waals surface area contributed by atoms with Crippen LogP contribution in [0.15, 0.2) is 18.3 Å². The van der Waals surface area contributed by atoms with E-state index in [1.54, 1.807) is 11.3 Å². The second-order valence-corrected chi connectivity index (χ2v) is 5.58. The summed E-state index contributed by atoms with van der Waals surface area (Å²) in [5.74, 6) is 0.921. The number of H-pyrrole nitrogens is 1. The minimum Gasteiger partial charge on any atom is -0.378 e. The smallest absolute Gasteiger partial charge is 0.126 e. The number of thiophene rings is 1. The van der Waals surface area contributed by atoms with Gasteiger partial charge in [0.05, 0.1) is 40.4 Å². The summed E-state index contributed by atoms with van der Waals surface area (Å²) in [5.41, 5.74) is 1.00. The normalized spacial score (nSPS) is 20.6. The van der Waals surface area contributed by atoms with E-state index in [0.717, 1.165) is 33.9 Å². The van der Waals surface area contributed by atoms with Crippen LogP contribution in [-0.4, -0.2) is 29.7 Å². The Kier molecular flexibility index (Phi) is 3.15. The number of ether oxygens (including phenoxy) is 1. The number of imidazole rings is 1. The van der Waals surface area contributed by atoms with Gasteiger partial charge in [-0.15, -0.1) is 11.3 Å². The van der Waals surface area contributed by atoms with E-state index in [9.17, 15) is 0 Å². The average molecular weight is 270 g/mol. The molecule has 1 fully saturated rings. The third-order valence-electron chi connectivity index (χ3n) is 2.69. The highest BCUT2D eigenvalue weighted by Crippen LogP contribution is 2.30. The van der Waals surface area contributed by atoms with E-state index in [0.29, 0.717) is 6.61 Å². The van der Waals surface area contributed by atoms with Gasteiger partial charge in [0.25, 0.3) is 0 Å². The second kappa shape index (κ2) is 4.78. The Labute approximate surface area is 108 Å². The van der Waals surface area contributed by atoms with Crippen molar-refractivity contribution in [3.8, 4) is 10.6 Å². The summed E-state index contributed by atoms with van der Waals surface area (Å²) < 4.78 is 6.20. The Hall–Kier alpha value is -0.880. The number of aromatic amines is 1. The molecule has 2 N–H and O–H groups in total. The van der Waals surface area contributed by atoms with Gasteiger partial charge in [-0.05, 0) is 12.1 Å². The van der Waals surface area contributed by atoms with Crippen molar-refractivity contribution in [1.29, 1.82) is 0 Å². The van der Waals surface area contributed by atoms with E-state index in [2.05, 4.69) is 15.3 Å². The molecule has 6 heteroatoms. The summed E-state index contributed by atoms with van der Waals surface area (Å²) in [7, 11) is 0. The molecule has 0 radical (unpaired) electrons. The first kappa shape index (κ1) is 11.2. The molecule has 0 aromatic carbocycles. The van der Waals surface area contributed by atoms with E-state index in [1.165, 1.54) is 0 Å². The number of aromatic nitrogens is 2. The number of nitrogens with one attached hydrogen (secondary N) is 2. The number of hydrogen-bond donors (Lipinski definition) is 2. The van der Waals surface area contributed by atoms with Gasteiger partial charge in [-0.2, -0.15) is 0 Å². The van der Waals surface area contributed by atoms with E-state index >= 15 is 0 Å². The fourth-order valence-corrected chi connectivity index (χ4v) is 2.85. The SMILES string of the molecule is Clc1ccc(-c2cnc(C3COCCN3)[nH]2)s1. The molecule has 0 saturated carbocycles. The predicted molar refractivity (Wildman–Crippen MR) is 68.5 cm³/mol. The van der Waals surface area contributed by atoms with Crippen molar-refractivity contribution >= 4 is 22.9 Å². The Balaban J connectivity index is 1.82. The van der Waals surface area contributed by atoms with Crippen LogP contribution in [0.2, 0.25) is 4.34 Å². The molecular formula is C11H12ClN3OS. The van der Waals surface area contributed by atoms with E-state index in [4.69, 9.17) is 16.3 Å². The van der Waals surface area contributed by atoms with Crippen molar-refractivity contribution in [3.63, 3.8) is 0 Å². The Morgan fingerprint density at radius 1 is 1.47 bits per heavy atom. The van der Waals surface area contributed by atoms with Gasteiger partial charge in [0, 0.05) is 6.54 Å². The van der Waals surface area contributed by atoms with Crippen LogP contribution >= 0.6 is 22.9 Å². The lowest BCUT2D eigenvalue weighted by molar-refractivity contribution is 0.0745. The third-order valence-corrected chi connectivity index (χ3v) is 3.95. The topological polar surface area (TPSA) is 49.9 Å². The Bertz CT molecular complexity index is 504. The molecule has 1 aliphatic rings. The van der Waals surface area contributed by atoms with E-state index < -0.39 is 0 Å². The van der Waals surface area contributed by atoms with Crippen molar-refractivity contribution in [1.82, 2.24) is 15.3 Å². The summed E-state index contributed by atoms with van der Waals surface area (Å²) in [4.78, 5) is 8.80. The van der Waals surface area contributed by atoms with Crippen molar-refractivity contribution in [3.05, 3.63) is 28.5 Å². The lowest BCUT2D eigenvalue weighted by Crippen LogP contribution is -2.35. The predicted octanol–water partition coefficient (Wildman–Crippen LogP) is 2.45. The van der Waals surface area contributed by atoms with Crippen LogP contribution < -0.4 is 5.32 Å². The zero-order chi connectivity index (χ0) is 11.7. The van der Waals surface area contributed by atoms with Crippen LogP contribution in [0, 0.1) is 0 Å². The monoisotopic (exact) mass is 269 g/mol. The second-order valence-electron chi connectivity index (χ2n) is 3.87. The van der Waals surface area contributed by atoms with Gasteiger partial charge < -0.3 is 15.0 Å². The van der Waals surface area contributed by atoms with Crippen molar-refractivity contribution in [2.75, 3.05) is 19.8 Å². The Morgan fingerprint density at radius 3 is 3.12 bits per heavy atom. The van der Waals surface area contributed by atoms with Gasteiger partial charge in [-0.1, -0.05) is 11.6 Å². The number of hydrogen-bond acceptors (Lipinski definition) is 4. The van der Waals surface area contributed by atoms with Crippen LogP contribution in [0.25, 0.3) is 10.6 Å². The molecule has 1 unspecified atom stereocenters. The zero-order valence-corrected chi connectivity index (χ0v) is 10.6. The fraction of sp³-hybridized carbons (Fsp3) is 0.364. The first-order chi connectivity index (χ1) is 8.33. The Morgan fingerprint density at radius 2 is 2.41 bits per heavy atom. The molecule has 1 aliphatic heterocycles. The molecular weight excluding hydrogens is 258 g/mol. The molecule has 0 spiro atoms. The molecule has 3 heterocycles.